The summed E-state index contributed by atoms with van der Waals surface area (Å²) in [7, 11) is 0. The van der Waals surface area contributed by atoms with E-state index in [1.54, 1.807) is 18.3 Å². The van der Waals surface area contributed by atoms with Crippen LogP contribution in [0.25, 0.3) is 6.08 Å². The van der Waals surface area contributed by atoms with Crippen molar-refractivity contribution in [3.8, 4) is 0 Å². The number of anilines is 1. The van der Waals surface area contributed by atoms with E-state index in [1.165, 1.54) is 11.1 Å². The first-order valence-electron chi connectivity index (χ1n) is 12.5. The number of benzene rings is 2. The summed E-state index contributed by atoms with van der Waals surface area (Å²) in [5, 5.41) is 14.2. The summed E-state index contributed by atoms with van der Waals surface area (Å²) in [6.07, 6.45) is 11.1. The highest BCUT2D eigenvalue weighted by Crippen LogP contribution is 2.52. The summed E-state index contributed by atoms with van der Waals surface area (Å²) >= 11 is 6.16. The number of aromatic nitrogens is 1. The van der Waals surface area contributed by atoms with Crippen LogP contribution in [-0.4, -0.2) is 34.3 Å². The van der Waals surface area contributed by atoms with E-state index in [0.29, 0.717) is 24.5 Å². The SMILES string of the molecule is Cc1cnccc1/C=C/COC1Cc2ccccc2C12CCC(Nc1cccc(Cl)c1)(C(=O)O)CC2. The van der Waals surface area contributed by atoms with Crippen molar-refractivity contribution >= 4 is 29.3 Å². The number of aliphatic carboxylic acids is 1. The lowest BCUT2D eigenvalue weighted by molar-refractivity contribution is -0.144. The van der Waals surface area contributed by atoms with Crippen LogP contribution in [-0.2, 0) is 21.4 Å². The Labute approximate surface area is 217 Å². The Morgan fingerprint density at radius 1 is 1.17 bits per heavy atom. The van der Waals surface area contributed by atoms with Gasteiger partial charge >= 0.3 is 5.97 Å². The van der Waals surface area contributed by atoms with Crippen molar-refractivity contribution in [2.45, 2.75) is 56.1 Å². The maximum Gasteiger partial charge on any atom is 0.329 e. The van der Waals surface area contributed by atoms with Gasteiger partial charge in [0, 0.05) is 28.5 Å². The van der Waals surface area contributed by atoms with Gasteiger partial charge in [0.1, 0.15) is 5.54 Å². The number of hydrogen-bond donors (Lipinski definition) is 2. The molecule has 0 bridgehead atoms. The lowest BCUT2D eigenvalue weighted by Crippen LogP contribution is -2.54. The van der Waals surface area contributed by atoms with Crippen molar-refractivity contribution in [2.75, 3.05) is 11.9 Å². The molecule has 0 radical (unpaired) electrons. The second-order valence-electron chi connectivity index (χ2n) is 10.00. The number of fused-ring (bicyclic) bond motifs is 2. The molecule has 0 aliphatic heterocycles. The zero-order valence-corrected chi connectivity index (χ0v) is 21.2. The molecule has 2 aliphatic carbocycles. The van der Waals surface area contributed by atoms with Crippen LogP contribution < -0.4 is 5.32 Å². The fourth-order valence-corrected chi connectivity index (χ4v) is 6.13. The summed E-state index contributed by atoms with van der Waals surface area (Å²) < 4.78 is 6.52. The molecule has 5 nitrogen and oxygen atoms in total. The summed E-state index contributed by atoms with van der Waals surface area (Å²) in [6.45, 7) is 2.55. The van der Waals surface area contributed by atoms with Gasteiger partial charge in [-0.25, -0.2) is 4.79 Å². The molecule has 2 aromatic carbocycles. The molecular weight excluding hydrogens is 472 g/mol. The molecule has 0 saturated heterocycles. The third-order valence-electron chi connectivity index (χ3n) is 7.94. The Hall–Kier alpha value is -3.15. The number of aryl methyl sites for hydroxylation is 1. The number of carboxylic acids is 1. The lowest BCUT2D eigenvalue weighted by Gasteiger charge is -2.46. The Morgan fingerprint density at radius 2 is 1.97 bits per heavy atom. The largest absolute Gasteiger partial charge is 0.480 e. The number of halogens is 1. The first-order valence-corrected chi connectivity index (χ1v) is 12.8. The predicted molar refractivity (Wildman–Crippen MR) is 143 cm³/mol. The summed E-state index contributed by atoms with van der Waals surface area (Å²) in [4.78, 5) is 16.7. The number of pyridine rings is 1. The van der Waals surface area contributed by atoms with E-state index < -0.39 is 11.5 Å². The van der Waals surface area contributed by atoms with E-state index in [1.807, 2.05) is 31.3 Å². The Bertz CT molecular complexity index is 1280. The lowest BCUT2D eigenvalue weighted by atomic mass is 9.63. The average molecular weight is 503 g/mol. The number of nitrogens with one attached hydrogen (secondary N) is 1. The van der Waals surface area contributed by atoms with Crippen LogP contribution >= 0.6 is 11.6 Å². The number of nitrogens with zero attached hydrogens (tertiary/aromatic N) is 1. The second-order valence-corrected chi connectivity index (χ2v) is 10.4. The minimum atomic E-state index is -1.03. The highest BCUT2D eigenvalue weighted by Gasteiger charge is 2.54. The van der Waals surface area contributed by atoms with E-state index in [-0.39, 0.29) is 11.5 Å². The number of ether oxygens (including phenoxy) is 1. The summed E-state index contributed by atoms with van der Waals surface area (Å²) in [5.41, 5.74) is 4.39. The third kappa shape index (κ3) is 4.65. The van der Waals surface area contributed by atoms with Gasteiger partial charge in [-0.2, -0.15) is 0 Å². The van der Waals surface area contributed by atoms with Crippen LogP contribution in [0.1, 0.15) is 47.9 Å². The Balaban J connectivity index is 1.35. The van der Waals surface area contributed by atoms with Crippen LogP contribution in [0.2, 0.25) is 5.02 Å². The fraction of sp³-hybridized carbons (Fsp3) is 0.333. The van der Waals surface area contributed by atoms with Crippen LogP contribution in [0.15, 0.2) is 73.1 Å². The molecule has 1 unspecified atom stereocenters. The number of hydrogen-bond acceptors (Lipinski definition) is 4. The van der Waals surface area contributed by atoms with E-state index >= 15 is 0 Å². The molecule has 1 fully saturated rings. The third-order valence-corrected chi connectivity index (χ3v) is 8.18. The molecular formula is C30H31ClN2O3. The first-order chi connectivity index (χ1) is 17.4. The molecule has 1 spiro atoms. The molecule has 1 heterocycles. The normalized spacial score (nSPS) is 25.2. The van der Waals surface area contributed by atoms with Gasteiger partial charge in [0.05, 0.1) is 12.7 Å². The van der Waals surface area contributed by atoms with Crippen LogP contribution in [0, 0.1) is 6.92 Å². The highest BCUT2D eigenvalue weighted by atomic mass is 35.5. The van der Waals surface area contributed by atoms with Crippen molar-refractivity contribution in [3.63, 3.8) is 0 Å². The van der Waals surface area contributed by atoms with Gasteiger partial charge in [-0.1, -0.05) is 54.1 Å². The van der Waals surface area contributed by atoms with Crippen molar-refractivity contribution < 1.29 is 14.6 Å². The molecule has 6 heteroatoms. The van der Waals surface area contributed by atoms with Gasteiger partial charge in [-0.05, 0) is 85.5 Å². The van der Waals surface area contributed by atoms with Gasteiger partial charge < -0.3 is 15.2 Å². The van der Waals surface area contributed by atoms with Crippen LogP contribution in [0.4, 0.5) is 5.69 Å². The van der Waals surface area contributed by atoms with Gasteiger partial charge in [-0.3, -0.25) is 4.98 Å². The molecule has 0 amide bonds. The van der Waals surface area contributed by atoms with E-state index in [9.17, 15) is 9.90 Å². The standard InChI is InChI=1S/C30H31ClN2O3/c1-21-20-32-16-11-22(21)7-5-17-36-27-18-23-6-2-3-10-26(23)29(27)12-14-30(15-13-29,28(34)35)33-25-9-4-8-24(31)19-25/h2-11,16,19-20,27,33H,12-15,17-18H2,1H3,(H,34,35)/b7-5+. The maximum absolute atomic E-state index is 12.5. The quantitative estimate of drug-likeness (QED) is 0.388. The summed E-state index contributed by atoms with van der Waals surface area (Å²) in [6, 6.07) is 17.8. The zero-order chi connectivity index (χ0) is 25.2. The van der Waals surface area contributed by atoms with E-state index in [0.717, 1.165) is 36.1 Å². The molecule has 2 N–H and O–H groups in total. The molecule has 3 aromatic rings. The van der Waals surface area contributed by atoms with Gasteiger partial charge in [0.15, 0.2) is 0 Å². The van der Waals surface area contributed by atoms with Crippen molar-refractivity contribution in [1.82, 2.24) is 4.98 Å². The molecule has 5 rings (SSSR count). The van der Waals surface area contributed by atoms with Crippen LogP contribution in [0.5, 0.6) is 0 Å². The number of rotatable bonds is 7. The molecule has 1 atom stereocenters. The van der Waals surface area contributed by atoms with Crippen molar-refractivity contribution in [3.05, 3.63) is 100 Å². The number of carbonyl (C=O) groups is 1. The van der Waals surface area contributed by atoms with E-state index in [4.69, 9.17) is 16.3 Å². The molecule has 186 valence electrons. The van der Waals surface area contributed by atoms with Gasteiger partial charge in [0.2, 0.25) is 0 Å². The molecule has 1 aromatic heterocycles. The zero-order valence-electron chi connectivity index (χ0n) is 20.4. The molecule has 36 heavy (non-hydrogen) atoms. The summed E-state index contributed by atoms with van der Waals surface area (Å²) in [5.74, 6) is -0.822. The Kier molecular flexibility index (Phi) is 6.87. The highest BCUT2D eigenvalue weighted by molar-refractivity contribution is 6.30. The van der Waals surface area contributed by atoms with Crippen molar-refractivity contribution in [1.29, 1.82) is 0 Å². The van der Waals surface area contributed by atoms with Crippen LogP contribution in [0.3, 0.4) is 0 Å². The van der Waals surface area contributed by atoms with Gasteiger partial charge in [-0.15, -0.1) is 0 Å². The maximum atomic E-state index is 12.5. The monoisotopic (exact) mass is 502 g/mol. The Morgan fingerprint density at radius 3 is 2.72 bits per heavy atom. The number of carboxylic acid groups (broad SMARTS) is 1. The van der Waals surface area contributed by atoms with E-state index in [2.05, 4.69) is 46.7 Å². The van der Waals surface area contributed by atoms with Crippen molar-refractivity contribution in [2.24, 2.45) is 0 Å². The molecule has 2 aliphatic rings. The fourth-order valence-electron chi connectivity index (χ4n) is 5.94. The smallest absolute Gasteiger partial charge is 0.329 e. The minimum absolute atomic E-state index is 0.0102. The molecule has 1 saturated carbocycles. The topological polar surface area (TPSA) is 71.5 Å². The average Bonchev–Trinajstić information content (AvgIpc) is 3.17. The minimum Gasteiger partial charge on any atom is -0.480 e. The van der Waals surface area contributed by atoms with Gasteiger partial charge in [0.25, 0.3) is 0 Å². The predicted octanol–water partition coefficient (Wildman–Crippen LogP) is 6.45. The second kappa shape index (κ2) is 10.1. The first kappa shape index (κ1) is 24.5.